The largest absolute Gasteiger partial charge is 0.481 e. The van der Waals surface area contributed by atoms with Crippen molar-refractivity contribution in [2.24, 2.45) is 67.8 Å². The molecule has 9 nitrogen and oxygen atoms in total. The number of allylic oxidation sites excluding steroid dienone is 1. The van der Waals surface area contributed by atoms with Gasteiger partial charge < -0.3 is 20.3 Å². The molecule has 13 atom stereocenters. The minimum atomic E-state index is -0.626. The van der Waals surface area contributed by atoms with Gasteiger partial charge in [0.05, 0.1) is 37.4 Å². The highest BCUT2D eigenvalue weighted by Crippen LogP contribution is 2.76. The SMILES string of the molecule is CC(C)[C@@H](C)[C@@]1(C)CC[C@]2(C)[C@H]3CC[C@H]4[C@@]5(C)CO[C@@H](C)[C@@]4(C[C@@H](n4ncnc4-c4ccncc4)[C@@H]5OCC(C)(N)C(C)(C)C)C3=CC[C@@]2(C)[C@@H]1C(=O)O. The number of aromatic nitrogens is 4. The van der Waals surface area contributed by atoms with Crippen LogP contribution in [0.3, 0.4) is 0 Å². The van der Waals surface area contributed by atoms with Gasteiger partial charge in [0, 0.05) is 34.3 Å². The number of aliphatic carboxylic acids is 1. The van der Waals surface area contributed by atoms with E-state index >= 15 is 0 Å². The van der Waals surface area contributed by atoms with Crippen LogP contribution < -0.4 is 5.73 Å². The molecule has 54 heavy (non-hydrogen) atoms. The summed E-state index contributed by atoms with van der Waals surface area (Å²) in [4.78, 5) is 22.8. The summed E-state index contributed by atoms with van der Waals surface area (Å²) in [6.07, 6.45) is 13.2. The fourth-order valence-electron chi connectivity index (χ4n) is 13.1. The van der Waals surface area contributed by atoms with Gasteiger partial charge >= 0.3 is 5.97 Å². The first-order valence-electron chi connectivity index (χ1n) is 20.9. The highest BCUT2D eigenvalue weighted by atomic mass is 16.5. The van der Waals surface area contributed by atoms with Gasteiger partial charge in [0.2, 0.25) is 0 Å². The Labute approximate surface area is 324 Å². The molecule has 1 unspecified atom stereocenters. The molecule has 0 radical (unpaired) electrons. The number of rotatable bonds is 8. The van der Waals surface area contributed by atoms with Crippen molar-refractivity contribution in [2.45, 2.75) is 145 Å². The molecule has 0 spiro atoms. The molecule has 4 fully saturated rings. The topological polar surface area (TPSA) is 125 Å². The average molecular weight is 744 g/mol. The van der Waals surface area contributed by atoms with Crippen LogP contribution in [0.5, 0.6) is 0 Å². The number of ether oxygens (including phenoxy) is 2. The fraction of sp³-hybridized carbons (Fsp3) is 0.778. The number of fused-ring (bicyclic) bond motifs is 3. The lowest BCUT2D eigenvalue weighted by atomic mass is 9.33. The van der Waals surface area contributed by atoms with Crippen LogP contribution in [0.25, 0.3) is 11.4 Å². The van der Waals surface area contributed by atoms with Crippen molar-refractivity contribution in [2.75, 3.05) is 13.2 Å². The van der Waals surface area contributed by atoms with Crippen LogP contribution in [0.15, 0.2) is 42.5 Å². The first-order chi connectivity index (χ1) is 25.1. The lowest BCUT2D eigenvalue weighted by molar-refractivity contribution is -0.274. The molecule has 3 saturated carbocycles. The minimum absolute atomic E-state index is 0.0200. The summed E-state index contributed by atoms with van der Waals surface area (Å²) in [5.41, 5.74) is 7.35. The van der Waals surface area contributed by atoms with Gasteiger partial charge in [0.1, 0.15) is 6.33 Å². The molecule has 2 bridgehead atoms. The Kier molecular flexibility index (Phi) is 9.50. The zero-order valence-corrected chi connectivity index (χ0v) is 35.3. The third kappa shape index (κ3) is 5.39. The van der Waals surface area contributed by atoms with Crippen molar-refractivity contribution in [1.29, 1.82) is 0 Å². The molecule has 9 heteroatoms. The zero-order chi connectivity index (χ0) is 39.4. The van der Waals surface area contributed by atoms with Crippen LogP contribution in [0, 0.1) is 62.1 Å². The summed E-state index contributed by atoms with van der Waals surface area (Å²) in [7, 11) is 0. The van der Waals surface area contributed by atoms with Gasteiger partial charge in [-0.2, -0.15) is 5.10 Å². The van der Waals surface area contributed by atoms with Crippen LogP contribution in [-0.2, 0) is 14.3 Å². The second-order valence-corrected chi connectivity index (χ2v) is 21.1. The molecule has 0 amide bonds. The van der Waals surface area contributed by atoms with E-state index in [-0.39, 0.29) is 56.7 Å². The van der Waals surface area contributed by atoms with Crippen LogP contribution in [0.4, 0.5) is 0 Å². The Bertz CT molecular complexity index is 1770. The Morgan fingerprint density at radius 2 is 1.76 bits per heavy atom. The van der Waals surface area contributed by atoms with E-state index in [1.54, 1.807) is 6.33 Å². The molecule has 2 aromatic heterocycles. The maximum Gasteiger partial charge on any atom is 0.307 e. The van der Waals surface area contributed by atoms with Crippen LogP contribution >= 0.6 is 0 Å². The van der Waals surface area contributed by atoms with Crippen molar-refractivity contribution in [3.8, 4) is 11.4 Å². The second kappa shape index (κ2) is 13.0. The van der Waals surface area contributed by atoms with Crippen molar-refractivity contribution < 1.29 is 19.4 Å². The van der Waals surface area contributed by atoms with Crippen LogP contribution in [0.1, 0.15) is 128 Å². The normalized spacial score (nSPS) is 42.2. The van der Waals surface area contributed by atoms with Crippen LogP contribution in [0.2, 0.25) is 0 Å². The Morgan fingerprint density at radius 1 is 1.07 bits per heavy atom. The molecule has 2 aromatic rings. The highest BCUT2D eigenvalue weighted by molar-refractivity contribution is 5.73. The number of carboxylic acid groups (broad SMARTS) is 1. The van der Waals surface area contributed by atoms with Crippen molar-refractivity contribution in [3.05, 3.63) is 42.5 Å². The first kappa shape index (κ1) is 39.6. The van der Waals surface area contributed by atoms with Gasteiger partial charge in [0.15, 0.2) is 5.82 Å². The van der Waals surface area contributed by atoms with Gasteiger partial charge in [-0.05, 0) is 110 Å². The van der Waals surface area contributed by atoms with Gasteiger partial charge in [-0.15, -0.1) is 0 Å². The predicted octanol–water partition coefficient (Wildman–Crippen LogP) is 9.01. The molecule has 7 rings (SSSR count). The second-order valence-electron chi connectivity index (χ2n) is 21.1. The lowest BCUT2D eigenvalue weighted by Gasteiger charge is -2.72. The van der Waals surface area contributed by atoms with Gasteiger partial charge in [-0.1, -0.05) is 80.9 Å². The number of hydrogen-bond acceptors (Lipinski definition) is 7. The number of nitrogens with two attached hydrogens (primary N) is 1. The summed E-state index contributed by atoms with van der Waals surface area (Å²) in [6.45, 7) is 28.3. The van der Waals surface area contributed by atoms with Gasteiger partial charge in [0.25, 0.3) is 0 Å². The van der Waals surface area contributed by atoms with E-state index in [1.807, 2.05) is 24.5 Å². The van der Waals surface area contributed by atoms with Gasteiger partial charge in [-0.25, -0.2) is 9.67 Å². The highest BCUT2D eigenvalue weighted by Gasteiger charge is 2.73. The molecule has 3 heterocycles. The standard InChI is InChI=1S/C45H69N5O4/c1-27(2)28(3)40(8)19-20-42(10)31-13-14-34-41(9)24-53-29(4)45(34,32(31)15-18-43(42,11)35(40)38(51)52)23-33(36(41)54-25-44(12,46)39(5,6)7)50-37(48-26-49-50)30-16-21-47-22-17-30/h15-17,21-22,26-29,31,33-36H,13-14,18-20,23-25,46H2,1-12H3,(H,51,52)/t28-,29+,31+,33-,34+,35-,36+,40-,41-,42-,43+,44?,45+/m1/s1. The molecule has 1 aliphatic heterocycles. The number of carboxylic acids is 1. The number of nitrogens with zero attached hydrogens (tertiary/aromatic N) is 4. The van der Waals surface area contributed by atoms with E-state index in [2.05, 4.69) is 98.8 Å². The third-order valence-electron chi connectivity index (χ3n) is 17.7. The summed E-state index contributed by atoms with van der Waals surface area (Å²) >= 11 is 0. The van der Waals surface area contributed by atoms with Gasteiger partial charge in [-0.3, -0.25) is 9.78 Å². The number of hydrogen-bond donors (Lipinski definition) is 2. The van der Waals surface area contributed by atoms with Crippen molar-refractivity contribution in [3.63, 3.8) is 0 Å². The monoisotopic (exact) mass is 744 g/mol. The Hall–Kier alpha value is -2.62. The molecule has 1 saturated heterocycles. The Morgan fingerprint density at radius 3 is 2.39 bits per heavy atom. The first-order valence-corrected chi connectivity index (χ1v) is 20.9. The molecule has 0 aromatic carbocycles. The average Bonchev–Trinajstić information content (AvgIpc) is 3.59. The number of carbonyl (C=O) groups is 1. The smallest absolute Gasteiger partial charge is 0.307 e. The molecule has 5 aliphatic rings. The molecule has 4 aliphatic carbocycles. The summed E-state index contributed by atoms with van der Waals surface area (Å²) in [5.74, 6) is 1.06. The molecule has 3 N–H and O–H groups in total. The summed E-state index contributed by atoms with van der Waals surface area (Å²) in [6, 6.07) is 3.87. The van der Waals surface area contributed by atoms with E-state index in [1.165, 1.54) is 5.57 Å². The van der Waals surface area contributed by atoms with Crippen molar-refractivity contribution in [1.82, 2.24) is 19.7 Å². The van der Waals surface area contributed by atoms with E-state index in [0.717, 1.165) is 49.9 Å². The minimum Gasteiger partial charge on any atom is -0.481 e. The molecule has 298 valence electrons. The van der Waals surface area contributed by atoms with Crippen molar-refractivity contribution >= 4 is 5.97 Å². The predicted molar refractivity (Wildman–Crippen MR) is 212 cm³/mol. The maximum atomic E-state index is 13.6. The van der Waals surface area contributed by atoms with E-state index < -0.39 is 17.4 Å². The quantitative estimate of drug-likeness (QED) is 0.257. The third-order valence-corrected chi connectivity index (χ3v) is 17.7. The molecular weight excluding hydrogens is 675 g/mol. The summed E-state index contributed by atoms with van der Waals surface area (Å²) in [5, 5.41) is 16.2. The Balaban J connectivity index is 1.38. The number of pyridine rings is 1. The van der Waals surface area contributed by atoms with Crippen LogP contribution in [-0.4, -0.2) is 61.8 Å². The summed E-state index contributed by atoms with van der Waals surface area (Å²) < 4.78 is 16.4. The molecular formula is C45H69N5O4. The zero-order valence-electron chi connectivity index (χ0n) is 35.3. The van der Waals surface area contributed by atoms with E-state index in [4.69, 9.17) is 25.3 Å². The van der Waals surface area contributed by atoms with E-state index in [0.29, 0.717) is 31.0 Å². The fourth-order valence-corrected chi connectivity index (χ4v) is 13.1. The van der Waals surface area contributed by atoms with E-state index in [9.17, 15) is 9.90 Å². The maximum absolute atomic E-state index is 13.6. The lowest BCUT2D eigenvalue weighted by Crippen LogP contribution is -2.71.